The summed E-state index contributed by atoms with van der Waals surface area (Å²) in [5, 5.41) is 16.1. The van der Waals surface area contributed by atoms with Crippen LogP contribution in [0.2, 0.25) is 0 Å². The van der Waals surface area contributed by atoms with Crippen LogP contribution in [0.4, 0.5) is 11.6 Å². The van der Waals surface area contributed by atoms with Crippen molar-refractivity contribution in [3.8, 4) is 0 Å². The fourth-order valence-electron chi connectivity index (χ4n) is 2.28. The number of aliphatic hydroxyl groups excluding tert-OH is 1. The Morgan fingerprint density at radius 1 is 1.29 bits per heavy atom. The molecular formula is C16H28N4O. The first-order valence-corrected chi connectivity index (χ1v) is 8.12. The van der Waals surface area contributed by atoms with E-state index in [1.54, 1.807) is 0 Å². The lowest BCUT2D eigenvalue weighted by Crippen LogP contribution is -2.35. The van der Waals surface area contributed by atoms with Crippen LogP contribution in [-0.2, 0) is 0 Å². The fraction of sp³-hybridized carbons (Fsp3) is 0.750. The molecule has 1 atom stereocenters. The van der Waals surface area contributed by atoms with E-state index < -0.39 is 0 Å². The van der Waals surface area contributed by atoms with Gasteiger partial charge in [0.15, 0.2) is 0 Å². The number of aliphatic hydroxyl groups is 1. The number of nitrogens with zero attached hydrogens (tertiary/aromatic N) is 2. The molecule has 1 saturated carbocycles. The van der Waals surface area contributed by atoms with E-state index in [2.05, 4.69) is 41.4 Å². The van der Waals surface area contributed by atoms with Crippen molar-refractivity contribution in [3.05, 3.63) is 11.9 Å². The van der Waals surface area contributed by atoms with Gasteiger partial charge >= 0.3 is 0 Å². The van der Waals surface area contributed by atoms with Crippen LogP contribution in [0.3, 0.4) is 0 Å². The monoisotopic (exact) mass is 292 g/mol. The molecule has 2 rings (SSSR count). The zero-order valence-electron chi connectivity index (χ0n) is 13.4. The Labute approximate surface area is 127 Å². The highest BCUT2D eigenvalue weighted by molar-refractivity contribution is 5.49. The Morgan fingerprint density at radius 3 is 2.57 bits per heavy atom. The molecule has 1 aromatic rings. The van der Waals surface area contributed by atoms with Crippen LogP contribution >= 0.6 is 0 Å². The largest absolute Gasteiger partial charge is 0.396 e. The van der Waals surface area contributed by atoms with Crippen LogP contribution in [0.15, 0.2) is 6.07 Å². The number of nitrogens with one attached hydrogen (secondary N) is 2. The molecule has 1 heterocycles. The van der Waals surface area contributed by atoms with E-state index in [1.165, 1.54) is 12.8 Å². The molecule has 0 aliphatic heterocycles. The molecule has 0 bridgehead atoms. The van der Waals surface area contributed by atoms with E-state index in [0.717, 1.165) is 36.8 Å². The van der Waals surface area contributed by atoms with Crippen molar-refractivity contribution in [2.45, 2.75) is 64.3 Å². The lowest BCUT2D eigenvalue weighted by Gasteiger charge is -2.30. The summed E-state index contributed by atoms with van der Waals surface area (Å²) in [6, 6.07) is 1.98. The zero-order chi connectivity index (χ0) is 15.3. The molecule has 21 heavy (non-hydrogen) atoms. The van der Waals surface area contributed by atoms with Crippen LogP contribution in [-0.4, -0.2) is 33.8 Å². The third-order valence-electron chi connectivity index (χ3n) is 4.12. The van der Waals surface area contributed by atoms with Crippen molar-refractivity contribution in [2.24, 2.45) is 0 Å². The summed E-state index contributed by atoms with van der Waals surface area (Å²) in [5.74, 6) is 3.24. The minimum atomic E-state index is -0.133. The van der Waals surface area contributed by atoms with Crippen LogP contribution in [0.1, 0.15) is 64.6 Å². The average molecular weight is 292 g/mol. The lowest BCUT2D eigenvalue weighted by molar-refractivity contribution is 0.252. The fourth-order valence-corrected chi connectivity index (χ4v) is 2.28. The topological polar surface area (TPSA) is 70.1 Å². The van der Waals surface area contributed by atoms with Gasteiger partial charge in [0.2, 0.25) is 0 Å². The highest BCUT2D eigenvalue weighted by atomic mass is 16.3. The quantitative estimate of drug-likeness (QED) is 0.652. The van der Waals surface area contributed by atoms with Crippen LogP contribution in [0, 0.1) is 0 Å². The third-order valence-corrected chi connectivity index (χ3v) is 4.12. The molecule has 1 aliphatic rings. The summed E-state index contributed by atoms with van der Waals surface area (Å²) in [7, 11) is 0. The van der Waals surface area contributed by atoms with Crippen molar-refractivity contribution in [1.29, 1.82) is 0 Å². The lowest BCUT2D eigenvalue weighted by atomic mass is 9.95. The number of hydrogen-bond donors (Lipinski definition) is 3. The molecule has 0 saturated heterocycles. The molecule has 0 amide bonds. The Bertz CT molecular complexity index is 462. The summed E-state index contributed by atoms with van der Waals surface area (Å²) in [6.07, 6.45) is 5.11. The molecule has 0 radical (unpaired) electrons. The molecule has 1 unspecified atom stereocenters. The second kappa shape index (κ2) is 7.07. The normalized spacial score (nSPS) is 17.3. The number of rotatable bonds is 9. The zero-order valence-corrected chi connectivity index (χ0v) is 13.4. The van der Waals surface area contributed by atoms with Gasteiger partial charge in [-0.05, 0) is 39.0 Å². The average Bonchev–Trinajstić information content (AvgIpc) is 3.29. The Hall–Kier alpha value is -1.36. The van der Waals surface area contributed by atoms with E-state index >= 15 is 0 Å². The van der Waals surface area contributed by atoms with Crippen molar-refractivity contribution in [2.75, 3.05) is 23.8 Å². The first-order valence-electron chi connectivity index (χ1n) is 8.12. The van der Waals surface area contributed by atoms with Gasteiger partial charge in [-0.25, -0.2) is 9.97 Å². The predicted molar refractivity (Wildman–Crippen MR) is 86.8 cm³/mol. The standard InChI is InChI=1S/C16H28N4O/c1-4-9-17-13-11-14(19-15(18-13)12-6-7-12)20-16(3,5-2)8-10-21/h11-12,21H,4-10H2,1-3H3,(H2,17,18,19,20). The van der Waals surface area contributed by atoms with Crippen LogP contribution < -0.4 is 10.6 Å². The summed E-state index contributed by atoms with van der Waals surface area (Å²) >= 11 is 0. The Morgan fingerprint density at radius 2 is 2.00 bits per heavy atom. The Balaban J connectivity index is 2.18. The van der Waals surface area contributed by atoms with Gasteiger partial charge < -0.3 is 15.7 Å². The van der Waals surface area contributed by atoms with E-state index in [1.807, 2.05) is 6.07 Å². The molecule has 0 spiro atoms. The summed E-state index contributed by atoms with van der Waals surface area (Å²) in [5.41, 5.74) is -0.133. The van der Waals surface area contributed by atoms with E-state index in [9.17, 15) is 5.11 Å². The van der Waals surface area contributed by atoms with Gasteiger partial charge in [-0.15, -0.1) is 0 Å². The molecule has 3 N–H and O–H groups in total. The van der Waals surface area contributed by atoms with Gasteiger partial charge in [0.25, 0.3) is 0 Å². The van der Waals surface area contributed by atoms with E-state index in [0.29, 0.717) is 12.3 Å². The highest BCUT2D eigenvalue weighted by Crippen LogP contribution is 2.39. The van der Waals surface area contributed by atoms with Crippen molar-refractivity contribution < 1.29 is 5.11 Å². The number of anilines is 2. The maximum absolute atomic E-state index is 9.25. The molecule has 1 aromatic heterocycles. The maximum Gasteiger partial charge on any atom is 0.136 e. The summed E-state index contributed by atoms with van der Waals surface area (Å²) in [4.78, 5) is 9.30. The highest BCUT2D eigenvalue weighted by Gasteiger charge is 2.28. The van der Waals surface area contributed by atoms with Gasteiger partial charge in [0.05, 0.1) is 0 Å². The van der Waals surface area contributed by atoms with Crippen molar-refractivity contribution >= 4 is 11.6 Å². The second-order valence-electron chi connectivity index (χ2n) is 6.21. The second-order valence-corrected chi connectivity index (χ2v) is 6.21. The maximum atomic E-state index is 9.25. The molecule has 5 nitrogen and oxygen atoms in total. The molecule has 118 valence electrons. The van der Waals surface area contributed by atoms with E-state index in [4.69, 9.17) is 0 Å². The van der Waals surface area contributed by atoms with Crippen LogP contribution in [0.25, 0.3) is 0 Å². The molecule has 1 aliphatic carbocycles. The minimum absolute atomic E-state index is 0.133. The van der Waals surface area contributed by atoms with Gasteiger partial charge in [-0.1, -0.05) is 13.8 Å². The molecule has 0 aromatic carbocycles. The van der Waals surface area contributed by atoms with Gasteiger partial charge in [-0.3, -0.25) is 0 Å². The third kappa shape index (κ3) is 4.56. The first-order chi connectivity index (χ1) is 10.1. The smallest absolute Gasteiger partial charge is 0.136 e. The van der Waals surface area contributed by atoms with Gasteiger partial charge in [0, 0.05) is 30.7 Å². The van der Waals surface area contributed by atoms with E-state index in [-0.39, 0.29) is 12.1 Å². The molecule has 1 fully saturated rings. The SMILES string of the molecule is CCCNc1cc(NC(C)(CC)CCO)nc(C2CC2)n1. The minimum Gasteiger partial charge on any atom is -0.396 e. The molecular weight excluding hydrogens is 264 g/mol. The molecule has 5 heteroatoms. The van der Waals surface area contributed by atoms with Gasteiger partial charge in [0.1, 0.15) is 17.5 Å². The predicted octanol–water partition coefficient (Wildman–Crippen LogP) is 3.14. The Kier molecular flexibility index (Phi) is 5.39. The van der Waals surface area contributed by atoms with Crippen LogP contribution in [0.5, 0.6) is 0 Å². The first kappa shape index (κ1) is 16.0. The number of aromatic nitrogens is 2. The van der Waals surface area contributed by atoms with Crippen molar-refractivity contribution in [3.63, 3.8) is 0 Å². The number of hydrogen-bond acceptors (Lipinski definition) is 5. The van der Waals surface area contributed by atoms with Crippen molar-refractivity contribution in [1.82, 2.24) is 9.97 Å². The summed E-state index contributed by atoms with van der Waals surface area (Å²) in [6.45, 7) is 7.49. The summed E-state index contributed by atoms with van der Waals surface area (Å²) < 4.78 is 0. The van der Waals surface area contributed by atoms with Gasteiger partial charge in [-0.2, -0.15) is 0 Å².